The Bertz CT molecular complexity index is 869. The van der Waals surface area contributed by atoms with Gasteiger partial charge in [0.2, 0.25) is 0 Å². The fourth-order valence-corrected chi connectivity index (χ4v) is 3.89. The first-order valence-corrected chi connectivity index (χ1v) is 8.04. The highest BCUT2D eigenvalue weighted by atomic mass is 79.9. The molecule has 0 aliphatic heterocycles. The van der Waals surface area contributed by atoms with Crippen LogP contribution in [0.2, 0.25) is 0 Å². The van der Waals surface area contributed by atoms with Gasteiger partial charge in [0.25, 0.3) is 0 Å². The number of rotatable bonds is 1. The number of benzene rings is 3. The van der Waals surface area contributed by atoms with Crippen LogP contribution in [0.5, 0.6) is 0 Å². The molecular weight excluding hydrogens is 320 g/mol. The van der Waals surface area contributed by atoms with E-state index in [0.717, 1.165) is 0 Å². The molecule has 0 nitrogen and oxygen atoms in total. The average Bonchev–Trinajstić information content (AvgIpc) is 2.90. The Labute approximate surface area is 133 Å². The van der Waals surface area contributed by atoms with Crippen molar-refractivity contribution in [3.05, 3.63) is 76.3 Å². The van der Waals surface area contributed by atoms with E-state index < -0.39 is 0 Å². The molecule has 102 valence electrons. The van der Waals surface area contributed by atoms with Crippen molar-refractivity contribution in [3.8, 4) is 11.1 Å². The summed E-state index contributed by atoms with van der Waals surface area (Å²) in [5, 5.41) is 2.59. The topological polar surface area (TPSA) is 0 Å². The first-order valence-electron chi connectivity index (χ1n) is 7.24. The number of fused-ring (bicyclic) bond motifs is 2. The second-order valence-corrected chi connectivity index (χ2v) is 6.40. The molecule has 0 bridgehead atoms. The fourth-order valence-electron chi connectivity index (χ4n) is 3.19. The molecule has 0 aromatic heterocycles. The number of hydrogen-bond acceptors (Lipinski definition) is 0. The van der Waals surface area contributed by atoms with Crippen molar-refractivity contribution in [1.82, 2.24) is 0 Å². The SMILES string of the molecule is CC1C=Cc2c1ccc(-c1cccc3ccccc13)c2Br. The Balaban J connectivity index is 2.00. The Hall–Kier alpha value is -1.86. The van der Waals surface area contributed by atoms with Gasteiger partial charge >= 0.3 is 0 Å². The quantitative estimate of drug-likeness (QED) is 0.483. The third kappa shape index (κ3) is 1.96. The second-order valence-electron chi connectivity index (χ2n) is 5.60. The first kappa shape index (κ1) is 12.8. The summed E-state index contributed by atoms with van der Waals surface area (Å²) in [5.41, 5.74) is 5.29. The molecule has 0 fully saturated rings. The van der Waals surface area contributed by atoms with Gasteiger partial charge in [-0.1, -0.05) is 73.7 Å². The molecule has 0 radical (unpaired) electrons. The van der Waals surface area contributed by atoms with Crippen molar-refractivity contribution in [1.29, 1.82) is 0 Å². The minimum atomic E-state index is 0.512. The lowest BCUT2D eigenvalue weighted by atomic mass is 9.94. The van der Waals surface area contributed by atoms with E-state index in [4.69, 9.17) is 0 Å². The molecule has 1 unspecified atom stereocenters. The molecule has 0 spiro atoms. The standard InChI is InChI=1S/C20H15Br/c1-13-9-10-18-15(13)11-12-19(20(18)21)17-8-4-6-14-5-2-3-7-16(14)17/h2-13H,1H3. The maximum absolute atomic E-state index is 3.83. The summed E-state index contributed by atoms with van der Waals surface area (Å²) in [7, 11) is 0. The van der Waals surface area contributed by atoms with E-state index in [1.54, 1.807) is 0 Å². The normalized spacial score (nSPS) is 16.4. The van der Waals surface area contributed by atoms with Crippen LogP contribution in [0.25, 0.3) is 28.0 Å². The number of hydrogen-bond donors (Lipinski definition) is 0. The monoisotopic (exact) mass is 334 g/mol. The Morgan fingerprint density at radius 1 is 0.857 bits per heavy atom. The smallest absolute Gasteiger partial charge is 0.0329 e. The molecule has 1 aliphatic rings. The van der Waals surface area contributed by atoms with Gasteiger partial charge < -0.3 is 0 Å². The second kappa shape index (κ2) is 4.85. The zero-order chi connectivity index (χ0) is 14.4. The lowest BCUT2D eigenvalue weighted by Gasteiger charge is -2.13. The summed E-state index contributed by atoms with van der Waals surface area (Å²) >= 11 is 3.83. The van der Waals surface area contributed by atoms with Crippen molar-refractivity contribution in [2.75, 3.05) is 0 Å². The molecule has 0 saturated carbocycles. The predicted octanol–water partition coefficient (Wildman–Crippen LogP) is 6.40. The van der Waals surface area contributed by atoms with Gasteiger partial charge in [-0.2, -0.15) is 0 Å². The molecule has 21 heavy (non-hydrogen) atoms. The maximum Gasteiger partial charge on any atom is 0.0329 e. The minimum absolute atomic E-state index is 0.512. The average molecular weight is 335 g/mol. The fraction of sp³-hybridized carbons (Fsp3) is 0.100. The summed E-state index contributed by atoms with van der Waals surface area (Å²) in [5.74, 6) is 0.512. The molecule has 1 atom stereocenters. The molecule has 0 N–H and O–H groups in total. The van der Waals surface area contributed by atoms with Crippen molar-refractivity contribution >= 4 is 32.8 Å². The molecule has 3 aromatic rings. The van der Waals surface area contributed by atoms with E-state index in [-0.39, 0.29) is 0 Å². The number of halogens is 1. The van der Waals surface area contributed by atoms with Gasteiger partial charge in [-0.15, -0.1) is 0 Å². The van der Waals surface area contributed by atoms with E-state index in [9.17, 15) is 0 Å². The van der Waals surface area contributed by atoms with E-state index in [1.165, 1.54) is 37.5 Å². The van der Waals surface area contributed by atoms with Gasteiger partial charge in [-0.3, -0.25) is 0 Å². The predicted molar refractivity (Wildman–Crippen MR) is 94.5 cm³/mol. The summed E-state index contributed by atoms with van der Waals surface area (Å²) in [6.45, 7) is 2.24. The molecule has 0 heterocycles. The Morgan fingerprint density at radius 3 is 2.57 bits per heavy atom. The zero-order valence-electron chi connectivity index (χ0n) is 11.8. The number of allylic oxidation sites excluding steroid dienone is 1. The summed E-state index contributed by atoms with van der Waals surface area (Å²) in [6, 6.07) is 19.6. The van der Waals surface area contributed by atoms with Crippen LogP contribution in [-0.4, -0.2) is 0 Å². The third-order valence-corrected chi connectivity index (χ3v) is 5.19. The van der Waals surface area contributed by atoms with Gasteiger partial charge in [-0.05, 0) is 54.9 Å². The van der Waals surface area contributed by atoms with Crippen LogP contribution in [0.4, 0.5) is 0 Å². The van der Waals surface area contributed by atoms with E-state index in [1.807, 2.05) is 0 Å². The third-order valence-electron chi connectivity index (χ3n) is 4.34. The van der Waals surface area contributed by atoms with Crippen LogP contribution in [0, 0.1) is 0 Å². The van der Waals surface area contributed by atoms with E-state index in [2.05, 4.69) is 89.6 Å². The van der Waals surface area contributed by atoms with Crippen molar-refractivity contribution < 1.29 is 0 Å². The van der Waals surface area contributed by atoms with E-state index in [0.29, 0.717) is 5.92 Å². The van der Waals surface area contributed by atoms with Crippen LogP contribution in [0.15, 0.2) is 65.1 Å². The highest BCUT2D eigenvalue weighted by molar-refractivity contribution is 9.10. The maximum atomic E-state index is 3.83. The molecular formula is C20H15Br. The van der Waals surface area contributed by atoms with Crippen LogP contribution >= 0.6 is 15.9 Å². The van der Waals surface area contributed by atoms with Crippen LogP contribution in [0.1, 0.15) is 24.0 Å². The first-order chi connectivity index (χ1) is 10.3. The van der Waals surface area contributed by atoms with Crippen LogP contribution in [0.3, 0.4) is 0 Å². The highest BCUT2D eigenvalue weighted by Crippen LogP contribution is 2.41. The summed E-state index contributed by atoms with van der Waals surface area (Å²) < 4.78 is 1.21. The van der Waals surface area contributed by atoms with Crippen molar-refractivity contribution in [3.63, 3.8) is 0 Å². The van der Waals surface area contributed by atoms with Crippen LogP contribution < -0.4 is 0 Å². The largest absolute Gasteiger partial charge is 0.0766 e. The minimum Gasteiger partial charge on any atom is -0.0766 e. The Morgan fingerprint density at radius 2 is 1.67 bits per heavy atom. The molecule has 4 rings (SSSR count). The molecule has 1 heteroatoms. The van der Waals surface area contributed by atoms with Crippen molar-refractivity contribution in [2.45, 2.75) is 12.8 Å². The van der Waals surface area contributed by atoms with Crippen LogP contribution in [-0.2, 0) is 0 Å². The summed E-state index contributed by atoms with van der Waals surface area (Å²) in [6.07, 6.45) is 4.50. The lowest BCUT2D eigenvalue weighted by Crippen LogP contribution is -1.91. The zero-order valence-corrected chi connectivity index (χ0v) is 13.4. The highest BCUT2D eigenvalue weighted by Gasteiger charge is 2.18. The Kier molecular flexibility index (Phi) is 2.97. The van der Waals surface area contributed by atoms with Gasteiger partial charge in [0.15, 0.2) is 0 Å². The van der Waals surface area contributed by atoms with Gasteiger partial charge in [0.1, 0.15) is 0 Å². The molecule has 3 aromatic carbocycles. The molecule has 0 amide bonds. The summed E-state index contributed by atoms with van der Waals surface area (Å²) in [4.78, 5) is 0. The molecule has 0 saturated heterocycles. The molecule has 1 aliphatic carbocycles. The van der Waals surface area contributed by atoms with Crippen molar-refractivity contribution in [2.24, 2.45) is 0 Å². The van der Waals surface area contributed by atoms with Gasteiger partial charge in [-0.25, -0.2) is 0 Å². The van der Waals surface area contributed by atoms with Gasteiger partial charge in [0.05, 0.1) is 0 Å². The lowest BCUT2D eigenvalue weighted by molar-refractivity contribution is 0.989. The van der Waals surface area contributed by atoms with E-state index >= 15 is 0 Å². The van der Waals surface area contributed by atoms with Gasteiger partial charge in [0, 0.05) is 4.47 Å².